The van der Waals surface area contributed by atoms with Gasteiger partial charge in [-0.15, -0.1) is 0 Å². The number of Topliss-reactive ketones (excluding diaryl/α,β-unsaturated/α-hetero) is 1. The van der Waals surface area contributed by atoms with Crippen molar-refractivity contribution in [2.45, 2.75) is 25.8 Å². The van der Waals surface area contributed by atoms with Gasteiger partial charge < -0.3 is 10.6 Å². The van der Waals surface area contributed by atoms with Crippen molar-refractivity contribution in [3.05, 3.63) is 47.8 Å². The molecule has 6 nitrogen and oxygen atoms in total. The lowest BCUT2D eigenvalue weighted by atomic mass is 10.1. The molecule has 1 aromatic carbocycles. The van der Waals surface area contributed by atoms with Crippen molar-refractivity contribution in [2.24, 2.45) is 0 Å². The number of amides is 1. The summed E-state index contributed by atoms with van der Waals surface area (Å²) in [6, 6.07) is 8.89. The SMILES string of the molecule is CC(=O)c1ccc(Nc2nccc(C(=O)NC3CC3)n2)cc1. The Kier molecular flexibility index (Phi) is 3.82. The Hall–Kier alpha value is -2.76. The molecule has 1 aliphatic rings. The van der Waals surface area contributed by atoms with E-state index in [2.05, 4.69) is 20.6 Å². The fourth-order valence-electron chi connectivity index (χ4n) is 1.95. The van der Waals surface area contributed by atoms with Crippen LogP contribution in [-0.4, -0.2) is 27.7 Å². The minimum Gasteiger partial charge on any atom is -0.348 e. The van der Waals surface area contributed by atoms with Crippen molar-refractivity contribution in [1.82, 2.24) is 15.3 Å². The summed E-state index contributed by atoms with van der Waals surface area (Å²) in [4.78, 5) is 31.5. The number of carbonyl (C=O) groups excluding carboxylic acids is 2. The molecule has 0 unspecified atom stereocenters. The average molecular weight is 296 g/mol. The maximum Gasteiger partial charge on any atom is 0.270 e. The zero-order chi connectivity index (χ0) is 15.5. The van der Waals surface area contributed by atoms with Gasteiger partial charge in [0, 0.05) is 23.5 Å². The topological polar surface area (TPSA) is 84.0 Å². The third-order valence-electron chi connectivity index (χ3n) is 3.35. The highest BCUT2D eigenvalue weighted by Gasteiger charge is 2.24. The molecular formula is C16H16N4O2. The van der Waals surface area contributed by atoms with Gasteiger partial charge in [-0.1, -0.05) is 0 Å². The number of carbonyl (C=O) groups is 2. The van der Waals surface area contributed by atoms with Crippen LogP contribution in [0.3, 0.4) is 0 Å². The van der Waals surface area contributed by atoms with Gasteiger partial charge in [0.25, 0.3) is 5.91 Å². The highest BCUT2D eigenvalue weighted by Crippen LogP contribution is 2.19. The van der Waals surface area contributed by atoms with Gasteiger partial charge in [-0.3, -0.25) is 9.59 Å². The zero-order valence-corrected chi connectivity index (χ0v) is 12.2. The summed E-state index contributed by atoms with van der Waals surface area (Å²) in [6.07, 6.45) is 3.61. The van der Waals surface area contributed by atoms with Crippen molar-refractivity contribution in [3.8, 4) is 0 Å². The maximum absolute atomic E-state index is 12.0. The summed E-state index contributed by atoms with van der Waals surface area (Å²) in [5, 5.41) is 5.91. The van der Waals surface area contributed by atoms with Gasteiger partial charge in [-0.05, 0) is 50.1 Å². The van der Waals surface area contributed by atoms with Crippen LogP contribution in [0, 0.1) is 0 Å². The van der Waals surface area contributed by atoms with Crippen LogP contribution < -0.4 is 10.6 Å². The molecular weight excluding hydrogens is 280 g/mol. The molecule has 0 atom stereocenters. The van der Waals surface area contributed by atoms with Crippen molar-refractivity contribution < 1.29 is 9.59 Å². The van der Waals surface area contributed by atoms with Crippen LogP contribution >= 0.6 is 0 Å². The van der Waals surface area contributed by atoms with E-state index < -0.39 is 0 Å². The molecule has 22 heavy (non-hydrogen) atoms. The molecule has 2 N–H and O–H groups in total. The Labute approximate surface area is 128 Å². The number of ketones is 1. The maximum atomic E-state index is 12.0. The summed E-state index contributed by atoms with van der Waals surface area (Å²) in [7, 11) is 0. The molecule has 1 aliphatic carbocycles. The Bertz CT molecular complexity index is 708. The van der Waals surface area contributed by atoms with E-state index >= 15 is 0 Å². The smallest absolute Gasteiger partial charge is 0.270 e. The second-order valence-electron chi connectivity index (χ2n) is 5.27. The standard InChI is InChI=1S/C16H16N4O2/c1-10(21)11-2-4-13(5-3-11)19-16-17-9-8-14(20-16)15(22)18-12-6-7-12/h2-5,8-9,12H,6-7H2,1H3,(H,18,22)(H,17,19,20). The average Bonchev–Trinajstić information content (AvgIpc) is 3.32. The second-order valence-corrected chi connectivity index (χ2v) is 5.27. The third-order valence-corrected chi connectivity index (χ3v) is 3.35. The van der Waals surface area contributed by atoms with Crippen LogP contribution in [0.2, 0.25) is 0 Å². The molecule has 1 aromatic heterocycles. The summed E-state index contributed by atoms with van der Waals surface area (Å²) in [5.41, 5.74) is 1.73. The predicted molar refractivity (Wildman–Crippen MR) is 82.2 cm³/mol. The minimum atomic E-state index is -0.181. The molecule has 1 heterocycles. The molecule has 2 aromatic rings. The summed E-state index contributed by atoms with van der Waals surface area (Å²) < 4.78 is 0. The summed E-state index contributed by atoms with van der Waals surface area (Å²) in [5.74, 6) is 0.181. The molecule has 1 fully saturated rings. The number of aromatic nitrogens is 2. The van der Waals surface area contributed by atoms with E-state index in [1.165, 1.54) is 6.92 Å². The van der Waals surface area contributed by atoms with Crippen LogP contribution in [0.1, 0.15) is 40.6 Å². The normalized spacial score (nSPS) is 13.5. The first-order chi connectivity index (χ1) is 10.6. The van der Waals surface area contributed by atoms with E-state index in [4.69, 9.17) is 0 Å². The van der Waals surface area contributed by atoms with Crippen molar-refractivity contribution in [1.29, 1.82) is 0 Å². The first-order valence-electron chi connectivity index (χ1n) is 7.14. The van der Waals surface area contributed by atoms with E-state index in [9.17, 15) is 9.59 Å². The van der Waals surface area contributed by atoms with Crippen molar-refractivity contribution >= 4 is 23.3 Å². The molecule has 112 valence electrons. The largest absolute Gasteiger partial charge is 0.348 e. The van der Waals surface area contributed by atoms with E-state index in [-0.39, 0.29) is 17.7 Å². The van der Waals surface area contributed by atoms with Crippen molar-refractivity contribution in [3.63, 3.8) is 0 Å². The molecule has 6 heteroatoms. The number of hydrogen-bond acceptors (Lipinski definition) is 5. The van der Waals surface area contributed by atoms with Crippen molar-refractivity contribution in [2.75, 3.05) is 5.32 Å². The van der Waals surface area contributed by atoms with Crippen LogP contribution in [0.15, 0.2) is 36.5 Å². The number of nitrogens with one attached hydrogen (secondary N) is 2. The fourth-order valence-corrected chi connectivity index (χ4v) is 1.95. The highest BCUT2D eigenvalue weighted by molar-refractivity contribution is 5.94. The molecule has 0 aliphatic heterocycles. The van der Waals surface area contributed by atoms with Gasteiger partial charge in [-0.2, -0.15) is 0 Å². The Morgan fingerprint density at radius 3 is 2.50 bits per heavy atom. The Morgan fingerprint density at radius 1 is 1.14 bits per heavy atom. The van der Waals surface area contributed by atoms with Crippen LogP contribution in [0.4, 0.5) is 11.6 Å². The number of hydrogen-bond donors (Lipinski definition) is 2. The first kappa shape index (κ1) is 14.2. The van der Waals surface area contributed by atoms with Gasteiger partial charge >= 0.3 is 0 Å². The van der Waals surface area contributed by atoms with Gasteiger partial charge in [0.15, 0.2) is 5.78 Å². The molecule has 1 amide bonds. The summed E-state index contributed by atoms with van der Waals surface area (Å²) >= 11 is 0. The summed E-state index contributed by atoms with van der Waals surface area (Å²) in [6.45, 7) is 1.52. The third kappa shape index (κ3) is 3.46. The lowest BCUT2D eigenvalue weighted by Gasteiger charge is -2.07. The Balaban J connectivity index is 1.71. The second kappa shape index (κ2) is 5.93. The molecule has 0 spiro atoms. The van der Waals surface area contributed by atoms with E-state index in [0.29, 0.717) is 17.2 Å². The minimum absolute atomic E-state index is 0.0153. The molecule has 0 saturated heterocycles. The fraction of sp³-hybridized carbons (Fsp3) is 0.250. The first-order valence-corrected chi connectivity index (χ1v) is 7.14. The van der Waals surface area contributed by atoms with E-state index in [1.54, 1.807) is 36.5 Å². The highest BCUT2D eigenvalue weighted by atomic mass is 16.2. The van der Waals surface area contributed by atoms with Gasteiger partial charge in [0.05, 0.1) is 0 Å². The van der Waals surface area contributed by atoms with Crippen LogP contribution in [-0.2, 0) is 0 Å². The lowest BCUT2D eigenvalue weighted by Crippen LogP contribution is -2.26. The number of benzene rings is 1. The number of anilines is 2. The van der Waals surface area contributed by atoms with Gasteiger partial charge in [0.1, 0.15) is 5.69 Å². The molecule has 1 saturated carbocycles. The Morgan fingerprint density at radius 2 is 1.86 bits per heavy atom. The van der Waals surface area contributed by atoms with Gasteiger partial charge in [-0.25, -0.2) is 9.97 Å². The molecule has 0 bridgehead atoms. The lowest BCUT2D eigenvalue weighted by molar-refractivity contribution is 0.0945. The molecule has 0 radical (unpaired) electrons. The van der Waals surface area contributed by atoms with Crippen LogP contribution in [0.5, 0.6) is 0 Å². The van der Waals surface area contributed by atoms with Crippen LogP contribution in [0.25, 0.3) is 0 Å². The van der Waals surface area contributed by atoms with E-state index in [0.717, 1.165) is 18.5 Å². The molecule has 3 rings (SSSR count). The predicted octanol–water partition coefficient (Wildman–Crippen LogP) is 2.32. The van der Waals surface area contributed by atoms with Gasteiger partial charge in [0.2, 0.25) is 5.95 Å². The monoisotopic (exact) mass is 296 g/mol. The quantitative estimate of drug-likeness (QED) is 0.827. The number of rotatable bonds is 5. The number of nitrogens with zero attached hydrogens (tertiary/aromatic N) is 2. The van der Waals surface area contributed by atoms with E-state index in [1.807, 2.05) is 0 Å². The zero-order valence-electron chi connectivity index (χ0n) is 12.2.